The molecule has 0 saturated heterocycles. The summed E-state index contributed by atoms with van der Waals surface area (Å²) in [7, 11) is 1.66. The summed E-state index contributed by atoms with van der Waals surface area (Å²) in [6.45, 7) is 4.61. The lowest BCUT2D eigenvalue weighted by Crippen LogP contribution is -2.35. The Morgan fingerprint density at radius 1 is 1.35 bits per heavy atom. The van der Waals surface area contributed by atoms with Gasteiger partial charge in [-0.3, -0.25) is 9.69 Å². The van der Waals surface area contributed by atoms with Gasteiger partial charge in [-0.15, -0.1) is 0 Å². The maximum Gasteiger partial charge on any atom is 0.233 e. The molecule has 0 aromatic heterocycles. The molecule has 0 aliphatic carbocycles. The largest absolute Gasteiger partial charge is 0.358 e. The summed E-state index contributed by atoms with van der Waals surface area (Å²) in [4.78, 5) is 13.4. The number of nitrogens with two attached hydrogens (primary N) is 1. The fourth-order valence-electron chi connectivity index (χ4n) is 1.71. The van der Waals surface area contributed by atoms with Crippen LogP contribution in [0.25, 0.3) is 0 Å². The predicted molar refractivity (Wildman–Crippen MR) is 69.4 cm³/mol. The number of likely N-dealkylation sites (N-methyl/N-ethyl adjacent to an activating group) is 2. The third-order valence-electron chi connectivity index (χ3n) is 2.83. The molecule has 1 rings (SSSR count). The molecule has 17 heavy (non-hydrogen) atoms. The lowest BCUT2D eigenvalue weighted by atomic mass is 10.1. The molecule has 1 amide bonds. The van der Waals surface area contributed by atoms with Crippen LogP contribution in [0, 0.1) is 0 Å². The van der Waals surface area contributed by atoms with Crippen molar-refractivity contribution in [2.75, 3.05) is 20.1 Å². The average molecular weight is 235 g/mol. The minimum atomic E-state index is 0.0390. The van der Waals surface area contributed by atoms with Gasteiger partial charge < -0.3 is 11.1 Å². The molecule has 0 bridgehead atoms. The zero-order valence-electron chi connectivity index (χ0n) is 10.6. The van der Waals surface area contributed by atoms with E-state index in [0.717, 1.165) is 18.7 Å². The fraction of sp³-hybridized carbons (Fsp3) is 0.462. The molecular weight excluding hydrogens is 214 g/mol. The van der Waals surface area contributed by atoms with Crippen molar-refractivity contribution in [2.45, 2.75) is 20.0 Å². The maximum atomic E-state index is 11.3. The number of rotatable bonds is 6. The fourth-order valence-corrected chi connectivity index (χ4v) is 1.71. The van der Waals surface area contributed by atoms with Crippen LogP contribution in [0.2, 0.25) is 0 Å². The quantitative estimate of drug-likeness (QED) is 0.763. The van der Waals surface area contributed by atoms with Gasteiger partial charge in [-0.2, -0.15) is 0 Å². The van der Waals surface area contributed by atoms with Crippen LogP contribution >= 0.6 is 0 Å². The van der Waals surface area contributed by atoms with E-state index in [0.29, 0.717) is 13.1 Å². The van der Waals surface area contributed by atoms with Gasteiger partial charge in [0.15, 0.2) is 0 Å². The minimum Gasteiger partial charge on any atom is -0.358 e. The third kappa shape index (κ3) is 4.17. The molecule has 0 fully saturated rings. The van der Waals surface area contributed by atoms with Crippen LogP contribution < -0.4 is 11.1 Å². The topological polar surface area (TPSA) is 58.4 Å². The summed E-state index contributed by atoms with van der Waals surface area (Å²) in [5, 5.41) is 2.64. The van der Waals surface area contributed by atoms with Crippen LogP contribution in [0.15, 0.2) is 24.3 Å². The number of nitrogens with one attached hydrogen (secondary N) is 1. The third-order valence-corrected chi connectivity index (χ3v) is 2.83. The highest BCUT2D eigenvalue weighted by Crippen LogP contribution is 2.10. The minimum absolute atomic E-state index is 0.0390. The molecule has 0 aliphatic heterocycles. The van der Waals surface area contributed by atoms with Crippen molar-refractivity contribution >= 4 is 5.91 Å². The van der Waals surface area contributed by atoms with Crippen LogP contribution in [0.1, 0.15) is 18.1 Å². The van der Waals surface area contributed by atoms with E-state index in [-0.39, 0.29) is 5.91 Å². The first kappa shape index (κ1) is 13.7. The first-order chi connectivity index (χ1) is 8.21. The molecule has 0 heterocycles. The van der Waals surface area contributed by atoms with Gasteiger partial charge in [-0.05, 0) is 17.7 Å². The SMILES string of the molecule is CCN(CC(=O)NC)Cc1ccccc1CN. The van der Waals surface area contributed by atoms with Crippen molar-refractivity contribution in [1.82, 2.24) is 10.2 Å². The van der Waals surface area contributed by atoms with Crippen molar-refractivity contribution in [2.24, 2.45) is 5.73 Å². The number of nitrogens with zero attached hydrogens (tertiary/aromatic N) is 1. The van der Waals surface area contributed by atoms with Crippen LogP contribution in [-0.4, -0.2) is 30.9 Å². The second-order valence-electron chi connectivity index (χ2n) is 3.95. The number of hydrogen-bond acceptors (Lipinski definition) is 3. The number of carbonyl (C=O) groups is 1. The maximum absolute atomic E-state index is 11.3. The van der Waals surface area contributed by atoms with Crippen molar-refractivity contribution < 1.29 is 4.79 Å². The molecule has 0 atom stereocenters. The number of benzene rings is 1. The van der Waals surface area contributed by atoms with Gasteiger partial charge in [0.1, 0.15) is 0 Å². The highest BCUT2D eigenvalue weighted by atomic mass is 16.1. The van der Waals surface area contributed by atoms with Crippen LogP contribution in [-0.2, 0) is 17.9 Å². The second-order valence-corrected chi connectivity index (χ2v) is 3.95. The highest BCUT2D eigenvalue weighted by molar-refractivity contribution is 5.77. The summed E-state index contributed by atoms with van der Waals surface area (Å²) in [6.07, 6.45) is 0. The number of hydrogen-bond donors (Lipinski definition) is 2. The summed E-state index contributed by atoms with van der Waals surface area (Å²) in [6, 6.07) is 8.08. The smallest absolute Gasteiger partial charge is 0.233 e. The lowest BCUT2D eigenvalue weighted by molar-refractivity contribution is -0.121. The van der Waals surface area contributed by atoms with E-state index in [2.05, 4.69) is 16.3 Å². The molecular formula is C13H21N3O. The lowest BCUT2D eigenvalue weighted by Gasteiger charge is -2.20. The van der Waals surface area contributed by atoms with E-state index in [4.69, 9.17) is 5.73 Å². The van der Waals surface area contributed by atoms with E-state index < -0.39 is 0 Å². The Bertz CT molecular complexity index is 365. The summed E-state index contributed by atoms with van der Waals surface area (Å²) in [5.74, 6) is 0.0390. The molecule has 1 aromatic rings. The normalized spacial score (nSPS) is 10.6. The number of carbonyl (C=O) groups excluding carboxylic acids is 1. The zero-order chi connectivity index (χ0) is 12.7. The van der Waals surface area contributed by atoms with Crippen molar-refractivity contribution in [3.05, 3.63) is 35.4 Å². The first-order valence-corrected chi connectivity index (χ1v) is 5.91. The van der Waals surface area contributed by atoms with Crippen molar-refractivity contribution in [3.8, 4) is 0 Å². The van der Waals surface area contributed by atoms with Gasteiger partial charge >= 0.3 is 0 Å². The Kier molecular flexibility index (Phi) is 5.66. The van der Waals surface area contributed by atoms with E-state index in [1.54, 1.807) is 7.05 Å². The van der Waals surface area contributed by atoms with E-state index in [9.17, 15) is 4.79 Å². The van der Waals surface area contributed by atoms with Crippen molar-refractivity contribution in [3.63, 3.8) is 0 Å². The summed E-state index contributed by atoms with van der Waals surface area (Å²) >= 11 is 0. The van der Waals surface area contributed by atoms with Gasteiger partial charge in [0.2, 0.25) is 5.91 Å². The molecule has 0 radical (unpaired) electrons. The number of amides is 1. The Morgan fingerprint density at radius 2 is 2.00 bits per heavy atom. The van der Waals surface area contributed by atoms with E-state index >= 15 is 0 Å². The average Bonchev–Trinajstić information content (AvgIpc) is 2.38. The molecule has 3 N–H and O–H groups in total. The van der Waals surface area contributed by atoms with E-state index in [1.807, 2.05) is 25.1 Å². The van der Waals surface area contributed by atoms with Gasteiger partial charge in [0.05, 0.1) is 6.54 Å². The molecule has 4 nitrogen and oxygen atoms in total. The molecule has 0 unspecified atom stereocenters. The molecule has 4 heteroatoms. The van der Waals surface area contributed by atoms with Gasteiger partial charge in [0.25, 0.3) is 0 Å². The predicted octanol–water partition coefficient (Wildman–Crippen LogP) is 0.713. The highest BCUT2D eigenvalue weighted by Gasteiger charge is 2.09. The summed E-state index contributed by atoms with van der Waals surface area (Å²) in [5.41, 5.74) is 8.03. The van der Waals surface area contributed by atoms with Gasteiger partial charge in [-0.25, -0.2) is 0 Å². The summed E-state index contributed by atoms with van der Waals surface area (Å²) < 4.78 is 0. The van der Waals surface area contributed by atoms with Gasteiger partial charge in [-0.1, -0.05) is 31.2 Å². The molecule has 94 valence electrons. The van der Waals surface area contributed by atoms with E-state index in [1.165, 1.54) is 5.56 Å². The van der Waals surface area contributed by atoms with Crippen LogP contribution in [0.3, 0.4) is 0 Å². The first-order valence-electron chi connectivity index (χ1n) is 5.91. The Balaban J connectivity index is 2.69. The monoisotopic (exact) mass is 235 g/mol. The Labute approximate surface area is 103 Å². The Hall–Kier alpha value is -1.39. The molecule has 0 saturated carbocycles. The second kappa shape index (κ2) is 7.04. The Morgan fingerprint density at radius 3 is 2.53 bits per heavy atom. The zero-order valence-corrected chi connectivity index (χ0v) is 10.6. The molecule has 0 spiro atoms. The van der Waals surface area contributed by atoms with Crippen molar-refractivity contribution in [1.29, 1.82) is 0 Å². The molecule has 1 aromatic carbocycles. The van der Waals surface area contributed by atoms with Gasteiger partial charge in [0, 0.05) is 20.1 Å². The van der Waals surface area contributed by atoms with Crippen LogP contribution in [0.5, 0.6) is 0 Å². The molecule has 0 aliphatic rings. The van der Waals surface area contributed by atoms with Crippen LogP contribution in [0.4, 0.5) is 0 Å². The standard InChI is InChI=1S/C13H21N3O/c1-3-16(10-13(17)15-2)9-12-7-5-4-6-11(12)8-14/h4-7H,3,8-10,14H2,1-2H3,(H,15,17).